The van der Waals surface area contributed by atoms with Crippen molar-refractivity contribution in [3.63, 3.8) is 0 Å². The Labute approximate surface area is 104 Å². The summed E-state index contributed by atoms with van der Waals surface area (Å²) in [4.78, 5) is 2.64. The second-order valence-electron chi connectivity index (χ2n) is 5.71. The summed E-state index contributed by atoms with van der Waals surface area (Å²) in [5.74, 6) is 0.882. The third-order valence-electron chi connectivity index (χ3n) is 4.06. The Hall–Kier alpha value is -1.02. The average molecular weight is 230 g/mol. The van der Waals surface area contributed by atoms with Crippen LogP contribution in [0.15, 0.2) is 24.3 Å². The lowest BCUT2D eigenvalue weighted by Gasteiger charge is -2.32. The molecule has 1 unspecified atom stereocenters. The Morgan fingerprint density at radius 1 is 1.35 bits per heavy atom. The van der Waals surface area contributed by atoms with Gasteiger partial charge in [0.05, 0.1) is 0 Å². The van der Waals surface area contributed by atoms with Crippen molar-refractivity contribution in [2.24, 2.45) is 5.92 Å². The third kappa shape index (κ3) is 2.47. The van der Waals surface area contributed by atoms with Crippen LogP contribution in [0, 0.1) is 5.92 Å². The van der Waals surface area contributed by atoms with Crippen LogP contribution < -0.4 is 5.32 Å². The van der Waals surface area contributed by atoms with Gasteiger partial charge < -0.3 is 10.2 Å². The van der Waals surface area contributed by atoms with E-state index >= 15 is 0 Å². The van der Waals surface area contributed by atoms with Crippen LogP contribution in [-0.2, 0) is 6.42 Å². The first-order chi connectivity index (χ1) is 8.31. The van der Waals surface area contributed by atoms with Crippen molar-refractivity contribution in [2.75, 3.05) is 25.0 Å². The Kier molecular flexibility index (Phi) is 3.06. The van der Waals surface area contributed by atoms with Crippen molar-refractivity contribution in [2.45, 2.75) is 32.2 Å². The molecular formula is C15H22N2. The van der Waals surface area contributed by atoms with Gasteiger partial charge in [-0.05, 0) is 43.4 Å². The van der Waals surface area contributed by atoms with Gasteiger partial charge in [0.15, 0.2) is 0 Å². The highest BCUT2D eigenvalue weighted by atomic mass is 15.2. The zero-order valence-electron chi connectivity index (χ0n) is 10.7. The van der Waals surface area contributed by atoms with Gasteiger partial charge in [-0.25, -0.2) is 0 Å². The van der Waals surface area contributed by atoms with Crippen molar-refractivity contribution in [3.05, 3.63) is 29.8 Å². The molecule has 3 rings (SSSR count). The van der Waals surface area contributed by atoms with Gasteiger partial charge in [0.2, 0.25) is 0 Å². The number of rotatable bonds is 2. The number of hydrogen-bond acceptors (Lipinski definition) is 2. The smallest absolute Gasteiger partial charge is 0.0429 e. The Morgan fingerprint density at radius 3 is 3.06 bits per heavy atom. The number of likely N-dealkylation sites (tertiary alicyclic amines) is 1. The first-order valence-corrected chi connectivity index (χ1v) is 6.88. The summed E-state index contributed by atoms with van der Waals surface area (Å²) < 4.78 is 0. The van der Waals surface area contributed by atoms with Crippen LogP contribution in [0.3, 0.4) is 0 Å². The molecule has 2 nitrogen and oxygen atoms in total. The number of benzene rings is 1. The normalized spacial score (nSPS) is 28.8. The molecule has 0 saturated carbocycles. The van der Waals surface area contributed by atoms with Gasteiger partial charge in [-0.2, -0.15) is 0 Å². The minimum Gasteiger partial charge on any atom is -0.380 e. The van der Waals surface area contributed by atoms with Crippen LogP contribution >= 0.6 is 0 Å². The average Bonchev–Trinajstić information content (AvgIpc) is 2.71. The topological polar surface area (TPSA) is 15.3 Å². The fourth-order valence-electron chi connectivity index (χ4n) is 3.25. The Morgan fingerprint density at radius 2 is 2.24 bits per heavy atom. The van der Waals surface area contributed by atoms with Crippen LogP contribution in [0.4, 0.5) is 5.69 Å². The lowest BCUT2D eigenvalue weighted by molar-refractivity contribution is 0.178. The second-order valence-corrected chi connectivity index (χ2v) is 5.71. The van der Waals surface area contributed by atoms with Crippen LogP contribution in [0.2, 0.25) is 0 Å². The van der Waals surface area contributed by atoms with Gasteiger partial charge in [-0.15, -0.1) is 0 Å². The highest BCUT2D eigenvalue weighted by Crippen LogP contribution is 2.26. The number of anilines is 1. The largest absolute Gasteiger partial charge is 0.380 e. The number of piperidine rings is 1. The van der Waals surface area contributed by atoms with E-state index in [9.17, 15) is 0 Å². The SMILES string of the molecule is CC1CCCN(C[C@@H]2Cc3ccccc3N2)C1. The molecule has 0 amide bonds. The molecule has 1 saturated heterocycles. The molecule has 0 radical (unpaired) electrons. The standard InChI is InChI=1S/C15H22N2/c1-12-5-4-8-17(10-12)11-14-9-13-6-2-3-7-15(13)16-14/h2-3,6-7,12,14,16H,4-5,8-11H2,1H3/t12?,14-/m0/s1. The zero-order chi connectivity index (χ0) is 11.7. The van der Waals surface area contributed by atoms with Crippen molar-refractivity contribution >= 4 is 5.69 Å². The minimum atomic E-state index is 0.623. The van der Waals surface area contributed by atoms with E-state index in [4.69, 9.17) is 0 Å². The third-order valence-corrected chi connectivity index (χ3v) is 4.06. The van der Waals surface area contributed by atoms with E-state index in [-0.39, 0.29) is 0 Å². The second kappa shape index (κ2) is 4.69. The molecule has 2 atom stereocenters. The van der Waals surface area contributed by atoms with Crippen molar-refractivity contribution in [1.29, 1.82) is 0 Å². The minimum absolute atomic E-state index is 0.623. The molecule has 17 heavy (non-hydrogen) atoms. The fraction of sp³-hybridized carbons (Fsp3) is 0.600. The van der Waals surface area contributed by atoms with Crippen LogP contribution in [0.5, 0.6) is 0 Å². The molecule has 1 fully saturated rings. The molecule has 2 heterocycles. The Bertz CT molecular complexity index is 363. The van der Waals surface area contributed by atoms with Gasteiger partial charge in [0.25, 0.3) is 0 Å². The molecular weight excluding hydrogens is 208 g/mol. The number of nitrogens with one attached hydrogen (secondary N) is 1. The maximum absolute atomic E-state index is 3.65. The number of para-hydroxylation sites is 1. The zero-order valence-corrected chi connectivity index (χ0v) is 10.7. The summed E-state index contributed by atoms with van der Waals surface area (Å²) in [7, 11) is 0. The van der Waals surface area contributed by atoms with Crippen LogP contribution in [0.25, 0.3) is 0 Å². The predicted molar refractivity (Wildman–Crippen MR) is 72.4 cm³/mol. The fourth-order valence-corrected chi connectivity index (χ4v) is 3.25. The molecule has 92 valence electrons. The highest BCUT2D eigenvalue weighted by molar-refractivity contribution is 5.56. The lowest BCUT2D eigenvalue weighted by Crippen LogP contribution is -2.41. The number of hydrogen-bond donors (Lipinski definition) is 1. The van der Waals surface area contributed by atoms with Crippen molar-refractivity contribution in [1.82, 2.24) is 4.90 Å². The van der Waals surface area contributed by atoms with Crippen LogP contribution in [0.1, 0.15) is 25.3 Å². The van der Waals surface area contributed by atoms with E-state index in [0.717, 1.165) is 5.92 Å². The van der Waals surface area contributed by atoms with E-state index in [1.165, 1.54) is 50.1 Å². The summed E-state index contributed by atoms with van der Waals surface area (Å²) in [6.45, 7) is 6.16. The van der Waals surface area contributed by atoms with E-state index < -0.39 is 0 Å². The van der Waals surface area contributed by atoms with Crippen molar-refractivity contribution in [3.8, 4) is 0 Å². The van der Waals surface area contributed by atoms with Gasteiger partial charge in [-0.3, -0.25) is 0 Å². The maximum atomic E-state index is 3.65. The highest BCUT2D eigenvalue weighted by Gasteiger charge is 2.24. The summed E-state index contributed by atoms with van der Waals surface area (Å²) >= 11 is 0. The van der Waals surface area contributed by atoms with E-state index in [1.54, 1.807) is 0 Å². The van der Waals surface area contributed by atoms with E-state index in [2.05, 4.69) is 41.4 Å². The number of nitrogens with zero attached hydrogens (tertiary/aromatic N) is 1. The molecule has 1 N–H and O–H groups in total. The maximum Gasteiger partial charge on any atom is 0.0429 e. The number of fused-ring (bicyclic) bond motifs is 1. The molecule has 2 aliphatic heterocycles. The first kappa shape index (κ1) is 11.1. The van der Waals surface area contributed by atoms with Gasteiger partial charge in [0, 0.05) is 24.8 Å². The van der Waals surface area contributed by atoms with Gasteiger partial charge in [0.1, 0.15) is 0 Å². The summed E-state index contributed by atoms with van der Waals surface area (Å²) in [5, 5.41) is 3.65. The molecule has 0 spiro atoms. The summed E-state index contributed by atoms with van der Waals surface area (Å²) in [6, 6.07) is 9.34. The molecule has 1 aromatic carbocycles. The quantitative estimate of drug-likeness (QED) is 0.840. The molecule has 1 aromatic rings. The summed E-state index contributed by atoms with van der Waals surface area (Å²) in [6.07, 6.45) is 3.98. The molecule has 0 aromatic heterocycles. The molecule has 0 bridgehead atoms. The van der Waals surface area contributed by atoms with Gasteiger partial charge >= 0.3 is 0 Å². The molecule has 2 heteroatoms. The monoisotopic (exact) mass is 230 g/mol. The van der Waals surface area contributed by atoms with Crippen molar-refractivity contribution < 1.29 is 0 Å². The van der Waals surface area contributed by atoms with E-state index in [1.807, 2.05) is 0 Å². The summed E-state index contributed by atoms with van der Waals surface area (Å²) in [5.41, 5.74) is 2.84. The lowest BCUT2D eigenvalue weighted by atomic mass is 9.99. The predicted octanol–water partition coefficient (Wildman–Crippen LogP) is 2.76. The Balaban J connectivity index is 1.58. The van der Waals surface area contributed by atoms with E-state index in [0.29, 0.717) is 6.04 Å². The molecule has 0 aliphatic carbocycles. The molecule has 2 aliphatic rings. The van der Waals surface area contributed by atoms with Crippen LogP contribution in [-0.4, -0.2) is 30.6 Å². The van der Waals surface area contributed by atoms with Gasteiger partial charge in [-0.1, -0.05) is 25.1 Å². The first-order valence-electron chi connectivity index (χ1n) is 6.88.